The second-order valence-electron chi connectivity index (χ2n) is 9.21. The van der Waals surface area contributed by atoms with Crippen LogP contribution < -0.4 is 10.6 Å². The number of carbonyl (C=O) groups is 2. The molecule has 8 nitrogen and oxygen atoms in total. The van der Waals surface area contributed by atoms with Gasteiger partial charge in [-0.05, 0) is 63.3 Å². The summed E-state index contributed by atoms with van der Waals surface area (Å²) in [6.45, 7) is 7.24. The minimum Gasteiger partial charge on any atom is -0.356 e. The molecule has 0 radical (unpaired) electrons. The normalized spacial score (nSPS) is 20.4. The molecular formula is C24H38N4O4S. The maximum absolute atomic E-state index is 13.0. The highest BCUT2D eigenvalue weighted by Crippen LogP contribution is 2.25. The third kappa shape index (κ3) is 7.01. The molecule has 0 saturated carbocycles. The van der Waals surface area contributed by atoms with E-state index in [1.165, 1.54) is 4.31 Å². The molecule has 9 heteroatoms. The van der Waals surface area contributed by atoms with E-state index in [0.29, 0.717) is 31.9 Å². The van der Waals surface area contributed by atoms with Crippen molar-refractivity contribution in [1.29, 1.82) is 0 Å². The van der Waals surface area contributed by atoms with E-state index < -0.39 is 10.0 Å². The molecule has 2 amide bonds. The number of unbranched alkanes of at least 4 members (excludes halogenated alkanes) is 1. The molecule has 0 aromatic heterocycles. The molecule has 0 aliphatic carbocycles. The highest BCUT2D eigenvalue weighted by molar-refractivity contribution is 7.89. The summed E-state index contributed by atoms with van der Waals surface area (Å²) in [5, 5.41) is 5.89. The molecule has 1 aromatic carbocycles. The van der Waals surface area contributed by atoms with Gasteiger partial charge in [-0.15, -0.1) is 0 Å². The van der Waals surface area contributed by atoms with Gasteiger partial charge >= 0.3 is 0 Å². The lowest BCUT2D eigenvalue weighted by Gasteiger charge is -2.31. The van der Waals surface area contributed by atoms with Crippen molar-refractivity contribution in [2.24, 2.45) is 5.92 Å². The fourth-order valence-electron chi connectivity index (χ4n) is 4.49. The summed E-state index contributed by atoms with van der Waals surface area (Å²) in [5.74, 6) is -0.221. The molecule has 2 aliphatic heterocycles. The van der Waals surface area contributed by atoms with Crippen LogP contribution in [0.3, 0.4) is 0 Å². The van der Waals surface area contributed by atoms with Crippen molar-refractivity contribution < 1.29 is 18.0 Å². The number of amides is 2. The Balaban J connectivity index is 1.59. The number of hydrogen-bond acceptors (Lipinski definition) is 5. The minimum atomic E-state index is -3.56. The molecule has 2 aliphatic rings. The zero-order chi connectivity index (χ0) is 23.8. The van der Waals surface area contributed by atoms with E-state index in [1.54, 1.807) is 18.2 Å². The summed E-state index contributed by atoms with van der Waals surface area (Å²) in [4.78, 5) is 27.4. The number of hydrogen-bond donors (Lipinski definition) is 2. The number of carbonyl (C=O) groups excluding carboxylic acids is 2. The average molecular weight is 479 g/mol. The molecule has 184 valence electrons. The first-order chi connectivity index (χ1) is 15.8. The highest BCUT2D eigenvalue weighted by atomic mass is 32.2. The van der Waals surface area contributed by atoms with E-state index in [4.69, 9.17) is 0 Å². The Bertz CT molecular complexity index is 928. The Morgan fingerprint density at radius 3 is 2.58 bits per heavy atom. The first-order valence-corrected chi connectivity index (χ1v) is 13.7. The summed E-state index contributed by atoms with van der Waals surface area (Å²) in [6.07, 6.45) is 6.53. The van der Waals surface area contributed by atoms with Crippen molar-refractivity contribution in [2.45, 2.75) is 63.7 Å². The predicted octanol–water partition coefficient (Wildman–Crippen LogP) is 2.74. The van der Waals surface area contributed by atoms with Gasteiger partial charge in [-0.25, -0.2) is 8.42 Å². The number of sulfonamides is 1. The van der Waals surface area contributed by atoms with Gasteiger partial charge in [0.15, 0.2) is 0 Å². The maximum atomic E-state index is 13.0. The lowest BCUT2D eigenvalue weighted by atomic mass is 9.97. The molecule has 33 heavy (non-hydrogen) atoms. The zero-order valence-corrected chi connectivity index (χ0v) is 20.8. The van der Waals surface area contributed by atoms with E-state index in [2.05, 4.69) is 17.6 Å². The summed E-state index contributed by atoms with van der Waals surface area (Å²) < 4.78 is 27.6. The first-order valence-electron chi connectivity index (χ1n) is 12.2. The molecule has 3 rings (SSSR count). The lowest BCUT2D eigenvalue weighted by molar-refractivity contribution is -0.127. The van der Waals surface area contributed by atoms with Gasteiger partial charge in [0.1, 0.15) is 0 Å². The Labute approximate surface area is 198 Å². The van der Waals surface area contributed by atoms with Gasteiger partial charge in [-0.2, -0.15) is 4.31 Å². The van der Waals surface area contributed by atoms with Crippen molar-refractivity contribution >= 4 is 27.5 Å². The largest absolute Gasteiger partial charge is 0.356 e. The van der Waals surface area contributed by atoms with Crippen molar-refractivity contribution in [2.75, 3.05) is 44.6 Å². The topological polar surface area (TPSA) is 98.8 Å². The predicted molar refractivity (Wildman–Crippen MR) is 130 cm³/mol. The SMILES string of the molecule is CCCCNC(=O)C1CCCN(CC(=O)Nc2cc(S(=O)(=O)N3CCCCC3)ccc2C)C1. The lowest BCUT2D eigenvalue weighted by Crippen LogP contribution is -2.45. The molecule has 1 unspecified atom stereocenters. The zero-order valence-electron chi connectivity index (χ0n) is 19.9. The molecule has 2 heterocycles. The number of piperidine rings is 2. The summed E-state index contributed by atoms with van der Waals surface area (Å²) >= 11 is 0. The van der Waals surface area contributed by atoms with Gasteiger partial charge < -0.3 is 10.6 Å². The van der Waals surface area contributed by atoms with Crippen molar-refractivity contribution in [3.8, 4) is 0 Å². The monoisotopic (exact) mass is 478 g/mol. The number of nitrogens with one attached hydrogen (secondary N) is 2. The number of benzene rings is 1. The number of anilines is 1. The van der Waals surface area contributed by atoms with Crippen LogP contribution in [-0.4, -0.2) is 68.7 Å². The number of nitrogens with zero attached hydrogens (tertiary/aromatic N) is 2. The summed E-state index contributed by atoms with van der Waals surface area (Å²) in [6, 6.07) is 4.92. The van der Waals surface area contributed by atoms with E-state index >= 15 is 0 Å². The van der Waals surface area contributed by atoms with Gasteiger partial charge in [0.05, 0.1) is 17.4 Å². The quantitative estimate of drug-likeness (QED) is 0.532. The van der Waals surface area contributed by atoms with Crippen LogP contribution in [-0.2, 0) is 19.6 Å². The summed E-state index contributed by atoms with van der Waals surface area (Å²) in [7, 11) is -3.56. The molecule has 1 atom stereocenters. The Kier molecular flexibility index (Phi) is 9.28. The third-order valence-corrected chi connectivity index (χ3v) is 8.40. The van der Waals surface area contributed by atoms with Crippen LogP contribution in [0.1, 0.15) is 57.4 Å². The number of likely N-dealkylation sites (tertiary alicyclic amines) is 1. The molecular weight excluding hydrogens is 440 g/mol. The smallest absolute Gasteiger partial charge is 0.243 e. The number of aryl methyl sites for hydroxylation is 1. The summed E-state index contributed by atoms with van der Waals surface area (Å²) in [5.41, 5.74) is 1.33. The van der Waals surface area contributed by atoms with Crippen LogP contribution in [0.2, 0.25) is 0 Å². The Hall–Kier alpha value is -1.97. The van der Waals surface area contributed by atoms with Gasteiger partial charge in [-0.3, -0.25) is 14.5 Å². The van der Waals surface area contributed by atoms with Gasteiger partial charge in [0, 0.05) is 31.9 Å². The average Bonchev–Trinajstić information content (AvgIpc) is 2.81. The van der Waals surface area contributed by atoms with Gasteiger partial charge in [0.25, 0.3) is 0 Å². The van der Waals surface area contributed by atoms with Crippen LogP contribution in [0, 0.1) is 12.8 Å². The van der Waals surface area contributed by atoms with Crippen LogP contribution in [0.4, 0.5) is 5.69 Å². The van der Waals surface area contributed by atoms with E-state index in [1.807, 2.05) is 11.8 Å². The van der Waals surface area contributed by atoms with Crippen molar-refractivity contribution in [3.63, 3.8) is 0 Å². The third-order valence-electron chi connectivity index (χ3n) is 6.51. The number of rotatable bonds is 9. The van der Waals surface area contributed by atoms with Gasteiger partial charge in [0.2, 0.25) is 21.8 Å². The second-order valence-corrected chi connectivity index (χ2v) is 11.1. The Morgan fingerprint density at radius 1 is 1.09 bits per heavy atom. The maximum Gasteiger partial charge on any atom is 0.243 e. The van der Waals surface area contributed by atoms with Crippen LogP contribution in [0.15, 0.2) is 23.1 Å². The van der Waals surface area contributed by atoms with Gasteiger partial charge in [-0.1, -0.05) is 25.8 Å². The van der Waals surface area contributed by atoms with E-state index in [9.17, 15) is 18.0 Å². The van der Waals surface area contributed by atoms with Crippen LogP contribution in [0.25, 0.3) is 0 Å². The van der Waals surface area contributed by atoms with Crippen molar-refractivity contribution in [1.82, 2.24) is 14.5 Å². The van der Waals surface area contributed by atoms with Crippen LogP contribution in [0.5, 0.6) is 0 Å². The molecule has 2 saturated heterocycles. The molecule has 2 N–H and O–H groups in total. The van der Waals surface area contributed by atoms with Crippen molar-refractivity contribution in [3.05, 3.63) is 23.8 Å². The van der Waals surface area contributed by atoms with E-state index in [0.717, 1.165) is 57.1 Å². The van der Waals surface area contributed by atoms with Crippen LogP contribution >= 0.6 is 0 Å². The molecule has 1 aromatic rings. The Morgan fingerprint density at radius 2 is 1.85 bits per heavy atom. The minimum absolute atomic E-state index is 0.0695. The second kappa shape index (κ2) is 11.9. The molecule has 0 spiro atoms. The fourth-order valence-corrected chi connectivity index (χ4v) is 6.03. The standard InChI is InChI=1S/C24H38N4O4S/c1-3-4-12-25-24(30)20-9-8-13-27(17-20)18-23(29)26-22-16-21(11-10-19(22)2)33(31,32)28-14-6-5-7-15-28/h10-11,16,20H,3-9,12-15,17-18H2,1-2H3,(H,25,30)(H,26,29). The highest BCUT2D eigenvalue weighted by Gasteiger charge is 2.28. The molecule has 2 fully saturated rings. The van der Waals surface area contributed by atoms with E-state index in [-0.39, 0.29) is 29.2 Å². The fraction of sp³-hybridized carbons (Fsp3) is 0.667. The molecule has 0 bridgehead atoms. The first kappa shape index (κ1) is 25.6.